The summed E-state index contributed by atoms with van der Waals surface area (Å²) in [5, 5.41) is 4.20. The molecule has 0 aliphatic rings. The van der Waals surface area contributed by atoms with Crippen LogP contribution in [0.25, 0.3) is 0 Å². The lowest BCUT2D eigenvalue weighted by Gasteiger charge is -1.91. The van der Waals surface area contributed by atoms with Gasteiger partial charge in [-0.1, -0.05) is 12.2 Å². The van der Waals surface area contributed by atoms with E-state index in [0.717, 1.165) is 11.4 Å². The number of thiocarbonyl (C=S) groups is 1. The maximum atomic E-state index is 5.37. The zero-order valence-corrected chi connectivity index (χ0v) is 7.48. The quantitative estimate of drug-likeness (QED) is 0.658. The summed E-state index contributed by atoms with van der Waals surface area (Å²) in [6, 6.07) is 1.99. The van der Waals surface area contributed by atoms with Gasteiger partial charge in [0.2, 0.25) is 0 Å². The molecule has 60 valence electrons. The van der Waals surface area contributed by atoms with Gasteiger partial charge < -0.3 is 5.73 Å². The fourth-order valence-electron chi connectivity index (χ4n) is 0.900. The maximum Gasteiger partial charge on any atom is 0.0788 e. The molecule has 0 unspecified atom stereocenters. The lowest BCUT2D eigenvalue weighted by atomic mass is 10.3. The number of aromatic nitrogens is 2. The van der Waals surface area contributed by atoms with Gasteiger partial charge in [-0.3, -0.25) is 4.68 Å². The van der Waals surface area contributed by atoms with Crippen LogP contribution in [0.15, 0.2) is 6.07 Å². The number of nitrogens with two attached hydrogens (primary N) is 1. The van der Waals surface area contributed by atoms with Gasteiger partial charge in [0, 0.05) is 19.2 Å². The van der Waals surface area contributed by atoms with Crippen LogP contribution < -0.4 is 5.73 Å². The molecule has 11 heavy (non-hydrogen) atoms. The molecule has 0 aromatic carbocycles. The molecule has 0 spiro atoms. The van der Waals surface area contributed by atoms with E-state index in [-0.39, 0.29) is 0 Å². The van der Waals surface area contributed by atoms with E-state index in [9.17, 15) is 0 Å². The normalized spacial score (nSPS) is 10.0. The van der Waals surface area contributed by atoms with Crippen molar-refractivity contribution in [1.82, 2.24) is 9.78 Å². The summed E-state index contributed by atoms with van der Waals surface area (Å²) in [5.41, 5.74) is 7.43. The van der Waals surface area contributed by atoms with Crippen molar-refractivity contribution in [2.24, 2.45) is 12.8 Å². The summed E-state index contributed by atoms with van der Waals surface area (Å²) in [5.74, 6) is 0. The smallest absolute Gasteiger partial charge is 0.0788 e. The Hall–Kier alpha value is -0.900. The minimum Gasteiger partial charge on any atom is -0.393 e. The molecule has 0 fully saturated rings. The predicted molar refractivity (Wildman–Crippen MR) is 48.4 cm³/mol. The van der Waals surface area contributed by atoms with Crippen LogP contribution in [0, 0.1) is 6.92 Å². The van der Waals surface area contributed by atoms with Gasteiger partial charge in [-0.15, -0.1) is 0 Å². The van der Waals surface area contributed by atoms with Gasteiger partial charge in [-0.25, -0.2) is 0 Å². The fourth-order valence-corrected chi connectivity index (χ4v) is 1.05. The second-order valence-corrected chi connectivity index (χ2v) is 3.07. The Morgan fingerprint density at radius 3 is 2.82 bits per heavy atom. The summed E-state index contributed by atoms with van der Waals surface area (Å²) in [7, 11) is 1.90. The van der Waals surface area contributed by atoms with Gasteiger partial charge in [-0.05, 0) is 13.0 Å². The molecule has 3 nitrogen and oxygen atoms in total. The van der Waals surface area contributed by atoms with Crippen LogP contribution in [-0.4, -0.2) is 14.8 Å². The minimum atomic E-state index is 0.489. The van der Waals surface area contributed by atoms with E-state index in [4.69, 9.17) is 18.0 Å². The van der Waals surface area contributed by atoms with Gasteiger partial charge in [0.1, 0.15) is 0 Å². The average molecular weight is 169 g/mol. The average Bonchev–Trinajstić information content (AvgIpc) is 2.10. The Balaban J connectivity index is 2.81. The van der Waals surface area contributed by atoms with Crippen molar-refractivity contribution >= 4 is 17.2 Å². The Bertz CT molecular complexity index is 258. The molecular weight excluding hydrogens is 158 g/mol. The largest absolute Gasteiger partial charge is 0.393 e. The summed E-state index contributed by atoms with van der Waals surface area (Å²) in [4.78, 5) is 0.489. The summed E-state index contributed by atoms with van der Waals surface area (Å²) < 4.78 is 1.81. The molecule has 0 saturated carbocycles. The van der Waals surface area contributed by atoms with Crippen molar-refractivity contribution in [3.8, 4) is 0 Å². The van der Waals surface area contributed by atoms with E-state index in [0.29, 0.717) is 11.4 Å². The molecule has 4 heteroatoms. The number of aryl methyl sites for hydroxylation is 2. The first-order valence-electron chi connectivity index (χ1n) is 3.37. The third-order valence-electron chi connectivity index (χ3n) is 1.52. The van der Waals surface area contributed by atoms with Gasteiger partial charge >= 0.3 is 0 Å². The van der Waals surface area contributed by atoms with E-state index >= 15 is 0 Å². The number of nitrogens with zero attached hydrogens (tertiary/aromatic N) is 2. The van der Waals surface area contributed by atoms with Crippen molar-refractivity contribution in [3.63, 3.8) is 0 Å². The molecule has 0 amide bonds. The molecule has 0 atom stereocenters. The maximum absolute atomic E-state index is 5.37. The summed E-state index contributed by atoms with van der Waals surface area (Å²) >= 11 is 4.76. The molecule has 0 radical (unpaired) electrons. The van der Waals surface area contributed by atoms with E-state index in [1.54, 1.807) is 0 Å². The van der Waals surface area contributed by atoms with Crippen molar-refractivity contribution < 1.29 is 0 Å². The Morgan fingerprint density at radius 1 is 1.82 bits per heavy atom. The summed E-state index contributed by atoms with van der Waals surface area (Å²) in [6.07, 6.45) is 0.594. The van der Waals surface area contributed by atoms with Crippen LogP contribution in [0.1, 0.15) is 11.4 Å². The van der Waals surface area contributed by atoms with Crippen molar-refractivity contribution in [2.75, 3.05) is 0 Å². The number of hydrogen-bond donors (Lipinski definition) is 1. The number of hydrogen-bond acceptors (Lipinski definition) is 2. The Kier molecular flexibility index (Phi) is 2.24. The van der Waals surface area contributed by atoms with Crippen LogP contribution >= 0.6 is 12.2 Å². The molecular formula is C7H11N3S. The highest BCUT2D eigenvalue weighted by Crippen LogP contribution is 2.01. The second kappa shape index (κ2) is 3.00. The standard InChI is InChI=1S/C7H11N3S/c1-5-3-6(4-7(8)11)9-10(5)2/h3H,4H2,1-2H3,(H2,8,11). The third-order valence-corrected chi connectivity index (χ3v) is 1.66. The monoisotopic (exact) mass is 169 g/mol. The molecule has 1 heterocycles. The molecule has 1 aromatic heterocycles. The highest BCUT2D eigenvalue weighted by Gasteiger charge is 2.01. The van der Waals surface area contributed by atoms with Gasteiger partial charge in [0.15, 0.2) is 0 Å². The zero-order valence-electron chi connectivity index (χ0n) is 6.66. The lowest BCUT2D eigenvalue weighted by molar-refractivity contribution is 0.728. The lowest BCUT2D eigenvalue weighted by Crippen LogP contribution is -2.11. The fraction of sp³-hybridized carbons (Fsp3) is 0.429. The Morgan fingerprint density at radius 2 is 2.45 bits per heavy atom. The minimum absolute atomic E-state index is 0.489. The van der Waals surface area contributed by atoms with E-state index < -0.39 is 0 Å². The van der Waals surface area contributed by atoms with Crippen LogP contribution in [0.5, 0.6) is 0 Å². The molecule has 0 saturated heterocycles. The van der Waals surface area contributed by atoms with Gasteiger partial charge in [0.05, 0.1) is 10.7 Å². The van der Waals surface area contributed by atoms with Crippen LogP contribution in [-0.2, 0) is 13.5 Å². The van der Waals surface area contributed by atoms with Crippen LogP contribution in [0.2, 0.25) is 0 Å². The molecule has 0 aliphatic carbocycles. The second-order valence-electron chi connectivity index (χ2n) is 2.54. The predicted octanol–water partition coefficient (Wildman–Crippen LogP) is 0.557. The molecule has 1 aromatic rings. The highest BCUT2D eigenvalue weighted by molar-refractivity contribution is 7.80. The third kappa shape index (κ3) is 2.01. The first-order chi connectivity index (χ1) is 5.09. The van der Waals surface area contributed by atoms with Crippen molar-refractivity contribution in [1.29, 1.82) is 0 Å². The van der Waals surface area contributed by atoms with E-state index in [2.05, 4.69) is 5.10 Å². The zero-order chi connectivity index (χ0) is 8.43. The van der Waals surface area contributed by atoms with Gasteiger partial charge in [-0.2, -0.15) is 5.10 Å². The van der Waals surface area contributed by atoms with Crippen molar-refractivity contribution in [2.45, 2.75) is 13.3 Å². The topological polar surface area (TPSA) is 43.8 Å². The van der Waals surface area contributed by atoms with E-state index in [1.807, 2.05) is 24.7 Å². The first-order valence-corrected chi connectivity index (χ1v) is 3.78. The van der Waals surface area contributed by atoms with Gasteiger partial charge in [0.25, 0.3) is 0 Å². The highest BCUT2D eigenvalue weighted by atomic mass is 32.1. The first kappa shape index (κ1) is 8.20. The van der Waals surface area contributed by atoms with E-state index in [1.165, 1.54) is 0 Å². The van der Waals surface area contributed by atoms with Crippen LogP contribution in [0.4, 0.5) is 0 Å². The molecule has 0 aliphatic heterocycles. The number of rotatable bonds is 2. The SMILES string of the molecule is Cc1cc(CC(N)=S)nn1C. The molecule has 1 rings (SSSR count). The molecule has 2 N–H and O–H groups in total. The summed E-state index contributed by atoms with van der Waals surface area (Å²) in [6.45, 7) is 2.00. The van der Waals surface area contributed by atoms with Crippen LogP contribution in [0.3, 0.4) is 0 Å². The van der Waals surface area contributed by atoms with Crippen molar-refractivity contribution in [3.05, 3.63) is 17.5 Å². The molecule has 0 bridgehead atoms. The Labute approximate surface area is 71.2 Å².